The van der Waals surface area contributed by atoms with E-state index in [0.29, 0.717) is 5.69 Å². The highest BCUT2D eigenvalue weighted by Crippen LogP contribution is 2.20. The number of amides is 1. The lowest BCUT2D eigenvalue weighted by Gasteiger charge is -2.05. The number of anilines is 2. The number of nitrogens with one attached hydrogen (secondary N) is 1. The Kier molecular flexibility index (Phi) is 3.14. The summed E-state index contributed by atoms with van der Waals surface area (Å²) in [6.07, 6.45) is 1.22. The number of aryl methyl sites for hydroxylation is 1. The zero-order chi connectivity index (χ0) is 12.4. The van der Waals surface area contributed by atoms with Crippen molar-refractivity contribution in [3.05, 3.63) is 40.2 Å². The highest BCUT2D eigenvalue weighted by atomic mass is 79.9. The first kappa shape index (κ1) is 11.7. The summed E-state index contributed by atoms with van der Waals surface area (Å²) in [6, 6.07) is 5.48. The predicted molar refractivity (Wildman–Crippen MR) is 67.7 cm³/mol. The topological polar surface area (TPSA) is 81.2 Å². The van der Waals surface area contributed by atoms with Gasteiger partial charge in [0.05, 0.1) is 0 Å². The van der Waals surface area contributed by atoms with Crippen LogP contribution in [0.4, 0.5) is 11.7 Å². The van der Waals surface area contributed by atoms with Crippen molar-refractivity contribution in [2.45, 2.75) is 6.92 Å². The first-order valence-corrected chi connectivity index (χ1v) is 5.64. The molecule has 6 heteroatoms. The molecule has 0 unspecified atom stereocenters. The lowest BCUT2D eigenvalue weighted by atomic mass is 10.2. The molecule has 0 saturated heterocycles. The van der Waals surface area contributed by atoms with E-state index in [0.717, 1.165) is 10.0 Å². The Bertz CT molecular complexity index is 566. The van der Waals surface area contributed by atoms with Crippen molar-refractivity contribution in [2.24, 2.45) is 0 Å². The summed E-state index contributed by atoms with van der Waals surface area (Å²) in [4.78, 5) is 15.5. The summed E-state index contributed by atoms with van der Waals surface area (Å²) in [7, 11) is 0. The van der Waals surface area contributed by atoms with E-state index in [4.69, 9.17) is 10.2 Å². The molecule has 0 aliphatic carbocycles. The van der Waals surface area contributed by atoms with Crippen LogP contribution in [0.15, 0.2) is 33.4 Å². The monoisotopic (exact) mass is 295 g/mol. The van der Waals surface area contributed by atoms with E-state index >= 15 is 0 Å². The van der Waals surface area contributed by atoms with Crippen LogP contribution in [-0.4, -0.2) is 10.9 Å². The molecule has 17 heavy (non-hydrogen) atoms. The van der Waals surface area contributed by atoms with Crippen LogP contribution >= 0.6 is 15.9 Å². The second-order valence-corrected chi connectivity index (χ2v) is 4.34. The Balaban J connectivity index is 2.15. The molecule has 0 bridgehead atoms. The largest absolute Gasteiger partial charge is 0.431 e. The van der Waals surface area contributed by atoms with Gasteiger partial charge >= 0.3 is 0 Å². The molecule has 1 aromatic carbocycles. The maximum atomic E-state index is 11.7. The number of carbonyl (C=O) groups is 1. The third-order valence-corrected chi connectivity index (χ3v) is 3.06. The van der Waals surface area contributed by atoms with Crippen LogP contribution in [0.25, 0.3) is 0 Å². The first-order chi connectivity index (χ1) is 8.06. The van der Waals surface area contributed by atoms with Gasteiger partial charge < -0.3 is 15.5 Å². The van der Waals surface area contributed by atoms with Crippen LogP contribution in [0.2, 0.25) is 0 Å². The Morgan fingerprint density at radius 2 is 2.29 bits per heavy atom. The van der Waals surface area contributed by atoms with Crippen molar-refractivity contribution >= 4 is 33.5 Å². The number of rotatable bonds is 2. The highest BCUT2D eigenvalue weighted by molar-refractivity contribution is 9.10. The molecule has 2 rings (SSSR count). The van der Waals surface area contributed by atoms with Gasteiger partial charge in [-0.15, -0.1) is 0 Å². The van der Waals surface area contributed by atoms with Gasteiger partial charge in [-0.25, -0.2) is 0 Å². The van der Waals surface area contributed by atoms with Gasteiger partial charge in [0, 0.05) is 10.2 Å². The number of oxazole rings is 1. The number of benzene rings is 1. The van der Waals surface area contributed by atoms with Crippen LogP contribution < -0.4 is 11.1 Å². The number of nitrogens with two attached hydrogens (primary N) is 1. The SMILES string of the molecule is Cc1cc(NC(=O)c2coc(N)n2)ccc1Br. The summed E-state index contributed by atoms with van der Waals surface area (Å²) >= 11 is 3.39. The maximum absolute atomic E-state index is 11.7. The lowest BCUT2D eigenvalue weighted by molar-refractivity contribution is 0.102. The molecule has 0 atom stereocenters. The summed E-state index contributed by atoms with van der Waals surface area (Å²) in [5, 5.41) is 2.70. The fraction of sp³-hybridized carbons (Fsp3) is 0.0909. The summed E-state index contributed by atoms with van der Waals surface area (Å²) in [5.41, 5.74) is 7.17. The molecule has 0 radical (unpaired) electrons. The van der Waals surface area contributed by atoms with Crippen molar-refractivity contribution in [1.82, 2.24) is 4.98 Å². The average molecular weight is 296 g/mol. The fourth-order valence-corrected chi connectivity index (χ4v) is 1.56. The Morgan fingerprint density at radius 3 is 2.88 bits per heavy atom. The number of nitrogen functional groups attached to an aromatic ring is 1. The summed E-state index contributed by atoms with van der Waals surface area (Å²) < 4.78 is 5.75. The van der Waals surface area contributed by atoms with Gasteiger partial charge in [0.2, 0.25) is 0 Å². The average Bonchev–Trinajstić information content (AvgIpc) is 2.70. The number of hydrogen-bond acceptors (Lipinski definition) is 4. The van der Waals surface area contributed by atoms with E-state index in [1.165, 1.54) is 6.26 Å². The van der Waals surface area contributed by atoms with Gasteiger partial charge in [-0.1, -0.05) is 15.9 Å². The fourth-order valence-electron chi connectivity index (χ4n) is 1.31. The van der Waals surface area contributed by atoms with Gasteiger partial charge in [-0.05, 0) is 30.7 Å². The van der Waals surface area contributed by atoms with E-state index < -0.39 is 0 Å². The maximum Gasteiger partial charge on any atom is 0.292 e. The van der Waals surface area contributed by atoms with Gasteiger partial charge in [-0.2, -0.15) is 4.98 Å². The minimum atomic E-state index is -0.354. The molecule has 0 aliphatic heterocycles. The van der Waals surface area contributed by atoms with Gasteiger partial charge in [0.25, 0.3) is 11.9 Å². The van der Waals surface area contributed by atoms with Crippen molar-refractivity contribution in [3.8, 4) is 0 Å². The smallest absolute Gasteiger partial charge is 0.292 e. The van der Waals surface area contributed by atoms with Gasteiger partial charge in [-0.3, -0.25) is 4.79 Å². The van der Waals surface area contributed by atoms with Crippen LogP contribution in [0.1, 0.15) is 16.1 Å². The molecule has 0 fully saturated rings. The van der Waals surface area contributed by atoms with Crippen molar-refractivity contribution in [3.63, 3.8) is 0 Å². The van der Waals surface area contributed by atoms with Crippen LogP contribution in [-0.2, 0) is 0 Å². The number of aromatic nitrogens is 1. The molecule has 1 heterocycles. The lowest BCUT2D eigenvalue weighted by Crippen LogP contribution is -2.12. The Hall–Kier alpha value is -1.82. The zero-order valence-electron chi connectivity index (χ0n) is 9.03. The molecule has 2 aromatic rings. The van der Waals surface area contributed by atoms with E-state index in [1.54, 1.807) is 6.07 Å². The molecule has 5 nitrogen and oxygen atoms in total. The second-order valence-electron chi connectivity index (χ2n) is 3.49. The zero-order valence-corrected chi connectivity index (χ0v) is 10.6. The molecule has 1 aromatic heterocycles. The van der Waals surface area contributed by atoms with Crippen LogP contribution in [0.5, 0.6) is 0 Å². The molecule has 1 amide bonds. The summed E-state index contributed by atoms with van der Waals surface area (Å²) in [5.74, 6) is -0.354. The normalized spacial score (nSPS) is 10.2. The third kappa shape index (κ3) is 2.65. The van der Waals surface area contributed by atoms with E-state index in [-0.39, 0.29) is 17.6 Å². The first-order valence-electron chi connectivity index (χ1n) is 4.85. The van der Waals surface area contributed by atoms with Crippen molar-refractivity contribution < 1.29 is 9.21 Å². The van der Waals surface area contributed by atoms with E-state index in [9.17, 15) is 4.79 Å². The van der Waals surface area contributed by atoms with E-state index in [2.05, 4.69) is 26.2 Å². The van der Waals surface area contributed by atoms with Crippen molar-refractivity contribution in [1.29, 1.82) is 0 Å². The number of hydrogen-bond donors (Lipinski definition) is 2. The minimum absolute atomic E-state index is 0.0258. The van der Waals surface area contributed by atoms with Crippen LogP contribution in [0, 0.1) is 6.92 Å². The van der Waals surface area contributed by atoms with Gasteiger partial charge in [0.15, 0.2) is 5.69 Å². The van der Waals surface area contributed by atoms with Crippen LogP contribution in [0.3, 0.4) is 0 Å². The quantitative estimate of drug-likeness (QED) is 0.892. The highest BCUT2D eigenvalue weighted by Gasteiger charge is 2.11. The second kappa shape index (κ2) is 4.58. The molecule has 0 saturated carbocycles. The third-order valence-electron chi connectivity index (χ3n) is 2.17. The molecule has 0 spiro atoms. The molecule has 0 aliphatic rings. The molecular weight excluding hydrogens is 286 g/mol. The van der Waals surface area contributed by atoms with Gasteiger partial charge in [0.1, 0.15) is 6.26 Å². The standard InChI is InChI=1S/C11H10BrN3O2/c1-6-4-7(2-3-8(6)12)14-10(16)9-5-17-11(13)15-9/h2-5H,1H3,(H2,13,15)(H,14,16). The minimum Gasteiger partial charge on any atom is -0.431 e. The number of carbonyl (C=O) groups excluding carboxylic acids is 1. The van der Waals surface area contributed by atoms with E-state index in [1.807, 2.05) is 19.1 Å². The number of halogens is 1. The predicted octanol–water partition coefficient (Wildman–Crippen LogP) is 2.58. The Morgan fingerprint density at radius 1 is 1.53 bits per heavy atom. The molecule has 88 valence electrons. The van der Waals surface area contributed by atoms with Crippen molar-refractivity contribution in [2.75, 3.05) is 11.1 Å². The molecule has 3 N–H and O–H groups in total. The number of nitrogens with zero attached hydrogens (tertiary/aromatic N) is 1. The molecular formula is C11H10BrN3O2. The summed E-state index contributed by atoms with van der Waals surface area (Å²) in [6.45, 7) is 1.94. The Labute approximate surface area is 106 Å².